The Balaban J connectivity index is 1.55. The summed E-state index contributed by atoms with van der Waals surface area (Å²) in [6.45, 7) is 9.71. The number of esters is 1. The van der Waals surface area contributed by atoms with Gasteiger partial charge in [0.25, 0.3) is 5.56 Å². The Hall–Kier alpha value is -4.44. The second kappa shape index (κ2) is 12.2. The van der Waals surface area contributed by atoms with Crippen LogP contribution in [-0.2, 0) is 14.3 Å². The molecule has 0 N–H and O–H groups in total. The number of carbonyl (C=O) groups is 1. The number of rotatable bonds is 7. The quantitative estimate of drug-likeness (QED) is 0.163. The minimum atomic E-state index is -0.966. The molecule has 1 atom stereocenters. The molecule has 0 saturated heterocycles. The SMILES string of the molecule is CCOC(=O)C(OC(C)(C)C)c1c(C)cc2nc(-c3ccnc(-n4ccc5cccnc5c4=O)c3)sc2c1-c1ccc(Cl)cc1. The van der Waals surface area contributed by atoms with Crippen LogP contribution in [0.25, 0.3) is 48.6 Å². The molecule has 6 rings (SSSR count). The molecule has 6 aromatic rings. The van der Waals surface area contributed by atoms with Crippen LogP contribution in [0.2, 0.25) is 5.02 Å². The maximum absolute atomic E-state index is 13.4. The number of halogens is 1. The van der Waals surface area contributed by atoms with E-state index in [1.165, 1.54) is 15.9 Å². The van der Waals surface area contributed by atoms with Gasteiger partial charge in [0.05, 0.1) is 22.4 Å². The molecule has 0 aliphatic carbocycles. The first-order chi connectivity index (χ1) is 21.5. The molecule has 0 fully saturated rings. The van der Waals surface area contributed by atoms with Gasteiger partial charge in [-0.1, -0.05) is 29.8 Å². The molecular weight excluding hydrogens is 608 g/mol. The summed E-state index contributed by atoms with van der Waals surface area (Å²) >= 11 is 7.77. The zero-order chi connectivity index (χ0) is 31.9. The van der Waals surface area contributed by atoms with Crippen molar-refractivity contribution in [1.82, 2.24) is 19.5 Å². The molecule has 10 heteroatoms. The lowest BCUT2D eigenvalue weighted by Crippen LogP contribution is -2.29. The average molecular weight is 639 g/mol. The minimum absolute atomic E-state index is 0.228. The molecule has 1 unspecified atom stereocenters. The highest BCUT2D eigenvalue weighted by molar-refractivity contribution is 7.22. The van der Waals surface area contributed by atoms with Gasteiger partial charge in [0, 0.05) is 45.7 Å². The molecule has 45 heavy (non-hydrogen) atoms. The molecule has 0 aliphatic heterocycles. The van der Waals surface area contributed by atoms with Gasteiger partial charge in [-0.05, 0) is 88.2 Å². The maximum Gasteiger partial charge on any atom is 0.339 e. The van der Waals surface area contributed by atoms with Gasteiger partial charge in [0.2, 0.25) is 0 Å². The molecule has 0 amide bonds. The largest absolute Gasteiger partial charge is 0.464 e. The van der Waals surface area contributed by atoms with Gasteiger partial charge in [0.1, 0.15) is 16.3 Å². The molecule has 0 bridgehead atoms. The Morgan fingerprint density at radius 1 is 1.02 bits per heavy atom. The number of pyridine rings is 3. The van der Waals surface area contributed by atoms with E-state index >= 15 is 0 Å². The lowest BCUT2D eigenvalue weighted by molar-refractivity contribution is -0.166. The number of thiazole rings is 1. The molecule has 0 saturated carbocycles. The Labute approximate surface area is 269 Å². The number of aryl methyl sites for hydroxylation is 1. The van der Waals surface area contributed by atoms with E-state index in [-0.39, 0.29) is 12.2 Å². The highest BCUT2D eigenvalue weighted by atomic mass is 35.5. The van der Waals surface area contributed by atoms with Crippen LogP contribution < -0.4 is 5.56 Å². The van der Waals surface area contributed by atoms with Crippen molar-refractivity contribution >= 4 is 50.0 Å². The van der Waals surface area contributed by atoms with E-state index in [1.807, 2.05) is 82.3 Å². The van der Waals surface area contributed by atoms with Crippen LogP contribution in [0.1, 0.15) is 44.9 Å². The summed E-state index contributed by atoms with van der Waals surface area (Å²) in [4.78, 5) is 40.5. The van der Waals surface area contributed by atoms with Crippen molar-refractivity contribution in [3.05, 3.63) is 106 Å². The summed E-state index contributed by atoms with van der Waals surface area (Å²) in [5, 5.41) is 2.10. The number of hydrogen-bond acceptors (Lipinski definition) is 8. The van der Waals surface area contributed by atoms with E-state index in [9.17, 15) is 9.59 Å². The highest BCUT2D eigenvalue weighted by Crippen LogP contribution is 2.44. The lowest BCUT2D eigenvalue weighted by atomic mass is 9.91. The Morgan fingerprint density at radius 2 is 1.80 bits per heavy atom. The third-order valence-corrected chi connectivity index (χ3v) is 8.59. The highest BCUT2D eigenvalue weighted by Gasteiger charge is 2.33. The molecular formula is C35H31ClN4O4S. The summed E-state index contributed by atoms with van der Waals surface area (Å²) in [7, 11) is 0. The first-order valence-corrected chi connectivity index (χ1v) is 15.7. The summed E-state index contributed by atoms with van der Waals surface area (Å²) in [6, 6.07) is 18.7. The monoisotopic (exact) mass is 638 g/mol. The molecule has 2 aromatic carbocycles. The van der Waals surface area contributed by atoms with Crippen LogP contribution in [-0.4, -0.2) is 37.7 Å². The minimum Gasteiger partial charge on any atom is -0.464 e. The number of ether oxygens (including phenoxy) is 2. The fraction of sp³-hybridized carbons (Fsp3) is 0.229. The zero-order valence-electron chi connectivity index (χ0n) is 25.5. The van der Waals surface area contributed by atoms with Gasteiger partial charge in [-0.15, -0.1) is 11.3 Å². The number of hydrogen-bond donors (Lipinski definition) is 0. The fourth-order valence-electron chi connectivity index (χ4n) is 5.30. The predicted molar refractivity (Wildman–Crippen MR) is 179 cm³/mol. The van der Waals surface area contributed by atoms with Crippen LogP contribution >= 0.6 is 22.9 Å². The second-order valence-electron chi connectivity index (χ2n) is 11.6. The van der Waals surface area contributed by atoms with Crippen molar-refractivity contribution < 1.29 is 14.3 Å². The van der Waals surface area contributed by atoms with Gasteiger partial charge in [0.15, 0.2) is 6.10 Å². The van der Waals surface area contributed by atoms with Gasteiger partial charge in [-0.3, -0.25) is 14.3 Å². The van der Waals surface area contributed by atoms with Gasteiger partial charge < -0.3 is 9.47 Å². The van der Waals surface area contributed by atoms with E-state index in [0.29, 0.717) is 16.4 Å². The first kappa shape index (κ1) is 30.6. The summed E-state index contributed by atoms with van der Waals surface area (Å²) in [5.41, 5.74) is 4.32. The van der Waals surface area contributed by atoms with Crippen molar-refractivity contribution in [2.75, 3.05) is 6.61 Å². The second-order valence-corrected chi connectivity index (χ2v) is 13.0. The number of carbonyl (C=O) groups excluding carboxylic acids is 1. The average Bonchev–Trinajstić information content (AvgIpc) is 3.44. The van der Waals surface area contributed by atoms with E-state index in [4.69, 9.17) is 26.1 Å². The van der Waals surface area contributed by atoms with Gasteiger partial charge in [-0.2, -0.15) is 0 Å². The van der Waals surface area contributed by atoms with Gasteiger partial charge in [-0.25, -0.2) is 14.8 Å². The third-order valence-electron chi connectivity index (χ3n) is 7.20. The van der Waals surface area contributed by atoms with E-state index < -0.39 is 17.7 Å². The normalized spacial score (nSPS) is 12.5. The van der Waals surface area contributed by atoms with Crippen molar-refractivity contribution in [3.8, 4) is 27.5 Å². The molecule has 4 aromatic heterocycles. The van der Waals surface area contributed by atoms with E-state index in [1.54, 1.807) is 31.6 Å². The number of aromatic nitrogens is 4. The summed E-state index contributed by atoms with van der Waals surface area (Å²) in [5.74, 6) is 0.00368. The third kappa shape index (κ3) is 6.11. The van der Waals surface area contributed by atoms with Gasteiger partial charge >= 0.3 is 5.97 Å². The first-order valence-electron chi connectivity index (χ1n) is 14.5. The van der Waals surface area contributed by atoms with Crippen LogP contribution in [0.4, 0.5) is 0 Å². The number of nitrogens with zero attached hydrogens (tertiary/aromatic N) is 4. The van der Waals surface area contributed by atoms with Crippen molar-refractivity contribution in [3.63, 3.8) is 0 Å². The van der Waals surface area contributed by atoms with Crippen LogP contribution in [0.5, 0.6) is 0 Å². The molecule has 0 radical (unpaired) electrons. The number of fused-ring (bicyclic) bond motifs is 2. The van der Waals surface area contributed by atoms with Crippen molar-refractivity contribution in [2.24, 2.45) is 0 Å². The zero-order valence-corrected chi connectivity index (χ0v) is 27.1. The van der Waals surface area contributed by atoms with Crippen LogP contribution in [0, 0.1) is 6.92 Å². The Bertz CT molecular complexity index is 2120. The topological polar surface area (TPSA) is 96.2 Å². The smallest absolute Gasteiger partial charge is 0.339 e. The molecule has 0 spiro atoms. The summed E-state index contributed by atoms with van der Waals surface area (Å²) < 4.78 is 14.3. The predicted octanol–water partition coefficient (Wildman–Crippen LogP) is 8.11. The fourth-order valence-corrected chi connectivity index (χ4v) is 6.55. The number of benzene rings is 2. The molecule has 4 heterocycles. The van der Waals surface area contributed by atoms with E-state index in [0.717, 1.165) is 48.4 Å². The maximum atomic E-state index is 13.4. The van der Waals surface area contributed by atoms with Crippen molar-refractivity contribution in [1.29, 1.82) is 0 Å². The molecule has 8 nitrogen and oxygen atoms in total. The Morgan fingerprint density at radius 3 is 2.53 bits per heavy atom. The standard InChI is InChI=1S/C35H31ClN4O4S/c1-6-43-34(42)30(44-35(3,4)5)27-20(2)18-25-31(28(27)21-9-11-24(36)12-10-21)45-32(39-25)23-13-16-37-26(19-23)40-17-14-22-8-7-15-38-29(22)33(40)41/h7-19,30H,6H2,1-5H3. The van der Waals surface area contributed by atoms with Crippen LogP contribution in [0.3, 0.4) is 0 Å². The summed E-state index contributed by atoms with van der Waals surface area (Å²) in [6.07, 6.45) is 4.00. The Kier molecular flexibility index (Phi) is 8.26. The molecule has 228 valence electrons. The van der Waals surface area contributed by atoms with Crippen molar-refractivity contribution in [2.45, 2.75) is 46.3 Å². The van der Waals surface area contributed by atoms with Crippen LogP contribution in [0.15, 0.2) is 84.0 Å². The van der Waals surface area contributed by atoms with E-state index in [2.05, 4.69) is 9.97 Å². The lowest BCUT2D eigenvalue weighted by Gasteiger charge is -2.29. The molecule has 0 aliphatic rings.